The van der Waals surface area contributed by atoms with Gasteiger partial charge in [-0.2, -0.15) is 0 Å². The fourth-order valence-electron chi connectivity index (χ4n) is 3.02. The number of methoxy groups -OCH3 is 1. The van der Waals surface area contributed by atoms with Crippen molar-refractivity contribution in [3.63, 3.8) is 0 Å². The molecule has 0 bridgehead atoms. The Morgan fingerprint density at radius 2 is 1.79 bits per heavy atom. The van der Waals surface area contributed by atoms with E-state index >= 15 is 0 Å². The van der Waals surface area contributed by atoms with Crippen LogP contribution in [-0.2, 0) is 16.0 Å². The Kier molecular flexibility index (Phi) is 6.49. The Bertz CT molecular complexity index is 911. The molecule has 0 atom stereocenters. The summed E-state index contributed by atoms with van der Waals surface area (Å²) in [6.07, 6.45) is 0.426. The van der Waals surface area contributed by atoms with Crippen molar-refractivity contribution in [3.8, 4) is 5.75 Å². The molecule has 0 aliphatic carbocycles. The summed E-state index contributed by atoms with van der Waals surface area (Å²) in [6.45, 7) is 0.0789. The number of para-hydroxylation sites is 1. The molecule has 0 saturated heterocycles. The first-order valence-electron chi connectivity index (χ1n) is 8.78. The number of imide groups is 1. The molecular formula is C21H20FNO4S. The Morgan fingerprint density at radius 1 is 1.07 bits per heavy atom. The third-order valence-corrected chi connectivity index (χ3v) is 5.43. The van der Waals surface area contributed by atoms with E-state index in [0.29, 0.717) is 34.0 Å². The van der Waals surface area contributed by atoms with Gasteiger partial charge in [-0.15, -0.1) is 11.8 Å². The van der Waals surface area contributed by atoms with Crippen molar-refractivity contribution in [2.75, 3.05) is 26.0 Å². The van der Waals surface area contributed by atoms with Crippen LogP contribution in [0.1, 0.15) is 11.1 Å². The van der Waals surface area contributed by atoms with Gasteiger partial charge in [-0.3, -0.25) is 14.5 Å². The van der Waals surface area contributed by atoms with Crippen LogP contribution in [0.2, 0.25) is 0 Å². The molecule has 0 radical (unpaired) electrons. The molecule has 0 spiro atoms. The van der Waals surface area contributed by atoms with Crippen molar-refractivity contribution in [2.45, 2.75) is 6.42 Å². The lowest BCUT2D eigenvalue weighted by Crippen LogP contribution is -2.33. The maximum absolute atomic E-state index is 13.1. The van der Waals surface area contributed by atoms with E-state index in [4.69, 9.17) is 9.84 Å². The van der Waals surface area contributed by atoms with Crippen molar-refractivity contribution < 1.29 is 23.8 Å². The molecular weight excluding hydrogens is 381 g/mol. The third-order valence-electron chi connectivity index (χ3n) is 4.38. The van der Waals surface area contributed by atoms with Crippen LogP contribution in [0.4, 0.5) is 4.39 Å². The van der Waals surface area contributed by atoms with Gasteiger partial charge in [0, 0.05) is 17.9 Å². The highest BCUT2D eigenvalue weighted by Gasteiger charge is 2.39. The van der Waals surface area contributed by atoms with Gasteiger partial charge in [-0.05, 0) is 30.2 Å². The third kappa shape index (κ3) is 4.10. The van der Waals surface area contributed by atoms with Crippen LogP contribution >= 0.6 is 11.8 Å². The van der Waals surface area contributed by atoms with Crippen molar-refractivity contribution in [2.24, 2.45) is 0 Å². The van der Waals surface area contributed by atoms with E-state index in [0.717, 1.165) is 17.3 Å². The Morgan fingerprint density at radius 3 is 2.46 bits per heavy atom. The predicted octanol–water partition coefficient (Wildman–Crippen LogP) is 2.88. The fraction of sp³-hybridized carbons (Fsp3) is 0.238. The van der Waals surface area contributed by atoms with E-state index in [-0.39, 0.29) is 24.9 Å². The molecule has 0 unspecified atom stereocenters. The monoisotopic (exact) mass is 401 g/mol. The second-order valence-corrected chi connectivity index (χ2v) is 7.22. The van der Waals surface area contributed by atoms with Crippen molar-refractivity contribution in [1.82, 2.24) is 4.90 Å². The van der Waals surface area contributed by atoms with Gasteiger partial charge in [0.05, 0.1) is 24.2 Å². The van der Waals surface area contributed by atoms with E-state index in [1.807, 2.05) is 0 Å². The fourth-order valence-corrected chi connectivity index (χ4v) is 3.89. The summed E-state index contributed by atoms with van der Waals surface area (Å²) in [5.41, 5.74) is 1.67. The van der Waals surface area contributed by atoms with E-state index < -0.39 is 5.91 Å². The molecule has 2 aromatic carbocycles. The first kappa shape index (κ1) is 20.1. The second-order valence-electron chi connectivity index (χ2n) is 6.11. The zero-order valence-electron chi connectivity index (χ0n) is 15.4. The predicted molar refractivity (Wildman–Crippen MR) is 106 cm³/mol. The van der Waals surface area contributed by atoms with Crippen LogP contribution in [0.25, 0.3) is 5.57 Å². The highest BCUT2D eigenvalue weighted by Crippen LogP contribution is 2.39. The normalized spacial score (nSPS) is 14.2. The quantitative estimate of drug-likeness (QED) is 0.689. The summed E-state index contributed by atoms with van der Waals surface area (Å²) in [7, 11) is 1.51. The zero-order valence-corrected chi connectivity index (χ0v) is 16.2. The highest BCUT2D eigenvalue weighted by atomic mass is 32.2. The van der Waals surface area contributed by atoms with Crippen LogP contribution in [0.15, 0.2) is 53.4 Å². The molecule has 0 aromatic heterocycles. The molecule has 28 heavy (non-hydrogen) atoms. The van der Waals surface area contributed by atoms with Crippen LogP contribution < -0.4 is 4.74 Å². The molecule has 1 aliphatic heterocycles. The molecule has 2 aromatic rings. The molecule has 2 amide bonds. The number of carbonyl (C=O) groups is 2. The number of halogens is 1. The number of ether oxygens (including phenoxy) is 1. The number of thioether (sulfide) groups is 1. The van der Waals surface area contributed by atoms with Crippen LogP contribution in [0.3, 0.4) is 0 Å². The van der Waals surface area contributed by atoms with E-state index in [1.165, 1.54) is 24.1 Å². The van der Waals surface area contributed by atoms with Gasteiger partial charge in [-0.25, -0.2) is 4.39 Å². The smallest absolute Gasteiger partial charge is 0.267 e. The maximum Gasteiger partial charge on any atom is 0.267 e. The molecule has 0 fully saturated rings. The Balaban J connectivity index is 1.89. The van der Waals surface area contributed by atoms with E-state index in [9.17, 15) is 14.0 Å². The lowest BCUT2D eigenvalue weighted by Gasteiger charge is -2.15. The van der Waals surface area contributed by atoms with Crippen molar-refractivity contribution in [1.29, 1.82) is 0 Å². The minimum atomic E-state index is -0.392. The summed E-state index contributed by atoms with van der Waals surface area (Å²) in [5.74, 6) is -0.303. The Labute approximate surface area is 166 Å². The average Bonchev–Trinajstić information content (AvgIpc) is 2.95. The number of carbonyl (C=O) groups excluding carboxylic acids is 2. The minimum Gasteiger partial charge on any atom is -0.496 e. The summed E-state index contributed by atoms with van der Waals surface area (Å²) in [5, 5.41) is 9.17. The number of nitrogens with zero attached hydrogens (tertiary/aromatic N) is 1. The minimum absolute atomic E-state index is 0.107. The van der Waals surface area contributed by atoms with Gasteiger partial charge in [0.15, 0.2) is 0 Å². The lowest BCUT2D eigenvalue weighted by molar-refractivity contribution is -0.136. The Hall–Kier alpha value is -2.64. The van der Waals surface area contributed by atoms with Gasteiger partial charge in [0.2, 0.25) is 0 Å². The standard InChI is InChI=1S/C21H20FNO4S/c1-27-17-5-3-2-4-16(17)18-19(28-13-12-24)21(26)23(20(18)25)11-10-14-6-8-15(22)9-7-14/h2-9,24H,10-13H2,1H3. The average molecular weight is 401 g/mol. The zero-order chi connectivity index (χ0) is 20.1. The van der Waals surface area contributed by atoms with Crippen LogP contribution in [0.5, 0.6) is 5.75 Å². The number of hydrogen-bond acceptors (Lipinski definition) is 5. The number of rotatable bonds is 8. The highest BCUT2D eigenvalue weighted by molar-refractivity contribution is 8.04. The van der Waals surface area contributed by atoms with E-state index in [1.54, 1.807) is 36.4 Å². The molecule has 1 N–H and O–H groups in total. The van der Waals surface area contributed by atoms with Crippen molar-refractivity contribution >= 4 is 29.1 Å². The molecule has 1 aliphatic rings. The second kappa shape index (κ2) is 9.03. The molecule has 3 rings (SSSR count). The maximum atomic E-state index is 13.1. The van der Waals surface area contributed by atoms with Gasteiger partial charge in [-0.1, -0.05) is 30.3 Å². The summed E-state index contributed by atoms with van der Waals surface area (Å²) in [4.78, 5) is 27.5. The van der Waals surface area contributed by atoms with Gasteiger partial charge in [0.25, 0.3) is 11.8 Å². The largest absolute Gasteiger partial charge is 0.496 e. The number of amides is 2. The summed E-state index contributed by atoms with van der Waals surface area (Å²) < 4.78 is 18.4. The first-order valence-corrected chi connectivity index (χ1v) is 9.77. The van der Waals surface area contributed by atoms with Crippen LogP contribution in [-0.4, -0.2) is 47.8 Å². The topological polar surface area (TPSA) is 66.8 Å². The van der Waals surface area contributed by atoms with Crippen molar-refractivity contribution in [3.05, 3.63) is 70.4 Å². The number of aliphatic hydroxyl groups is 1. The molecule has 7 heteroatoms. The molecule has 1 heterocycles. The van der Waals surface area contributed by atoms with Gasteiger partial charge in [0.1, 0.15) is 11.6 Å². The SMILES string of the molecule is COc1ccccc1C1=C(SCCO)C(=O)N(CCc2ccc(F)cc2)C1=O. The number of aliphatic hydroxyl groups excluding tert-OH is 1. The van der Waals surface area contributed by atoms with Gasteiger partial charge >= 0.3 is 0 Å². The molecule has 146 valence electrons. The number of hydrogen-bond donors (Lipinski definition) is 1. The van der Waals surface area contributed by atoms with Gasteiger partial charge < -0.3 is 9.84 Å². The molecule has 5 nitrogen and oxygen atoms in total. The summed E-state index contributed by atoms with van der Waals surface area (Å²) in [6, 6.07) is 13.0. The van der Waals surface area contributed by atoms with Crippen LogP contribution in [0, 0.1) is 5.82 Å². The molecule has 0 saturated carbocycles. The number of benzene rings is 2. The van der Waals surface area contributed by atoms with E-state index in [2.05, 4.69) is 0 Å². The lowest BCUT2D eigenvalue weighted by atomic mass is 10.0. The summed E-state index contributed by atoms with van der Waals surface area (Å²) >= 11 is 1.16. The first-order chi connectivity index (χ1) is 13.6.